The summed E-state index contributed by atoms with van der Waals surface area (Å²) in [5.74, 6) is 2.79. The maximum atomic E-state index is 6.27. The van der Waals surface area contributed by atoms with Crippen molar-refractivity contribution in [2.24, 2.45) is 5.41 Å². The standard InChI is InChI=1S/C23H27N3O/c1-16-6-4-7-18(17(16)2)27-19-8-5-15-26-20(19)24-25-21(26)23-12-9-22(3,10-13-23)11-14-23/h4-8,15H,9-14H2,1-3H3. The molecule has 2 heterocycles. The first kappa shape index (κ1) is 16.8. The molecular formula is C23H27N3O. The normalized spacial score (nSPS) is 27.2. The van der Waals surface area contributed by atoms with Crippen molar-refractivity contribution in [1.82, 2.24) is 14.6 Å². The number of fused-ring (bicyclic) bond motifs is 4. The van der Waals surface area contributed by atoms with E-state index in [0.717, 1.165) is 28.5 Å². The lowest BCUT2D eigenvalue weighted by molar-refractivity contribution is 0.0501. The SMILES string of the molecule is Cc1cccc(Oc2cccn3c(C45CCC(C)(CC4)CC5)nnc23)c1C. The Bertz CT molecular complexity index is 995. The van der Waals surface area contributed by atoms with Crippen molar-refractivity contribution in [3.63, 3.8) is 0 Å². The Hall–Kier alpha value is -2.36. The molecule has 6 rings (SSSR count). The molecule has 2 bridgehead atoms. The largest absolute Gasteiger partial charge is 0.453 e. The van der Waals surface area contributed by atoms with Crippen molar-refractivity contribution < 1.29 is 4.74 Å². The molecular weight excluding hydrogens is 334 g/mol. The average Bonchev–Trinajstić information content (AvgIpc) is 3.12. The van der Waals surface area contributed by atoms with E-state index in [1.165, 1.54) is 44.1 Å². The monoisotopic (exact) mass is 361 g/mol. The first-order valence-electron chi connectivity index (χ1n) is 10.1. The zero-order chi connectivity index (χ0) is 18.6. The summed E-state index contributed by atoms with van der Waals surface area (Å²) in [5.41, 5.74) is 3.96. The summed E-state index contributed by atoms with van der Waals surface area (Å²) < 4.78 is 8.45. The number of hydrogen-bond acceptors (Lipinski definition) is 3. The lowest BCUT2D eigenvalue weighted by atomic mass is 9.54. The Balaban J connectivity index is 1.55. The average molecular weight is 361 g/mol. The van der Waals surface area contributed by atoms with Crippen LogP contribution < -0.4 is 4.74 Å². The van der Waals surface area contributed by atoms with Crippen LogP contribution in [-0.4, -0.2) is 14.6 Å². The predicted molar refractivity (Wildman–Crippen MR) is 106 cm³/mol. The van der Waals surface area contributed by atoms with Crippen LogP contribution in [0.2, 0.25) is 0 Å². The van der Waals surface area contributed by atoms with Crippen molar-refractivity contribution in [2.45, 2.75) is 64.7 Å². The highest BCUT2D eigenvalue weighted by molar-refractivity contribution is 5.56. The molecule has 3 saturated carbocycles. The predicted octanol–water partition coefficient (Wildman–Crippen LogP) is 5.75. The summed E-state index contributed by atoms with van der Waals surface area (Å²) in [6, 6.07) is 10.2. The van der Waals surface area contributed by atoms with Crippen LogP contribution in [0.15, 0.2) is 36.5 Å². The van der Waals surface area contributed by atoms with Gasteiger partial charge in [0.1, 0.15) is 11.6 Å². The second-order valence-corrected chi connectivity index (χ2v) is 8.98. The Morgan fingerprint density at radius 3 is 2.33 bits per heavy atom. The minimum Gasteiger partial charge on any atom is -0.453 e. The summed E-state index contributed by atoms with van der Waals surface area (Å²) in [4.78, 5) is 0. The van der Waals surface area contributed by atoms with Crippen LogP contribution in [0.25, 0.3) is 5.65 Å². The zero-order valence-electron chi connectivity index (χ0n) is 16.5. The minimum absolute atomic E-state index is 0.190. The van der Waals surface area contributed by atoms with E-state index >= 15 is 0 Å². The molecule has 0 atom stereocenters. The maximum absolute atomic E-state index is 6.27. The van der Waals surface area contributed by atoms with Gasteiger partial charge in [0.2, 0.25) is 5.65 Å². The minimum atomic E-state index is 0.190. The molecule has 3 aliphatic carbocycles. The summed E-state index contributed by atoms with van der Waals surface area (Å²) in [5, 5.41) is 9.24. The van der Waals surface area contributed by atoms with Gasteiger partial charge in [-0.1, -0.05) is 19.1 Å². The van der Waals surface area contributed by atoms with Gasteiger partial charge < -0.3 is 4.74 Å². The van der Waals surface area contributed by atoms with Gasteiger partial charge in [-0.05, 0) is 87.1 Å². The van der Waals surface area contributed by atoms with Gasteiger partial charge in [0.25, 0.3) is 0 Å². The Kier molecular flexibility index (Phi) is 3.62. The molecule has 0 unspecified atom stereocenters. The third-order valence-corrected chi connectivity index (χ3v) is 7.27. The molecule has 3 aliphatic rings. The molecule has 0 radical (unpaired) electrons. The number of aryl methyl sites for hydroxylation is 1. The van der Waals surface area contributed by atoms with Gasteiger partial charge in [-0.2, -0.15) is 0 Å². The Labute approximate surface area is 160 Å². The molecule has 0 amide bonds. The number of benzene rings is 1. The molecule has 0 spiro atoms. The molecule has 0 saturated heterocycles. The summed E-state index contributed by atoms with van der Waals surface area (Å²) in [7, 11) is 0. The van der Waals surface area contributed by atoms with Crippen molar-refractivity contribution >= 4 is 5.65 Å². The topological polar surface area (TPSA) is 39.4 Å². The van der Waals surface area contributed by atoms with Gasteiger partial charge in [0, 0.05) is 11.6 Å². The Morgan fingerprint density at radius 1 is 0.889 bits per heavy atom. The fourth-order valence-electron chi connectivity index (χ4n) is 4.99. The van der Waals surface area contributed by atoms with Crippen molar-refractivity contribution in [1.29, 1.82) is 0 Å². The molecule has 3 aromatic rings. The van der Waals surface area contributed by atoms with E-state index in [9.17, 15) is 0 Å². The highest BCUT2D eigenvalue weighted by Gasteiger charge is 2.49. The number of ether oxygens (including phenoxy) is 1. The van der Waals surface area contributed by atoms with Crippen LogP contribution in [0.4, 0.5) is 0 Å². The lowest BCUT2D eigenvalue weighted by Gasteiger charge is -2.51. The molecule has 0 N–H and O–H groups in total. The highest BCUT2D eigenvalue weighted by atomic mass is 16.5. The number of pyridine rings is 1. The Morgan fingerprint density at radius 2 is 1.59 bits per heavy atom. The van der Waals surface area contributed by atoms with E-state index in [-0.39, 0.29) is 5.41 Å². The van der Waals surface area contributed by atoms with Crippen molar-refractivity contribution in [3.05, 3.63) is 53.5 Å². The van der Waals surface area contributed by atoms with Gasteiger partial charge in [-0.25, -0.2) is 0 Å². The third-order valence-electron chi connectivity index (χ3n) is 7.27. The van der Waals surface area contributed by atoms with Crippen LogP contribution in [0.5, 0.6) is 11.5 Å². The molecule has 2 aromatic heterocycles. The number of rotatable bonds is 3. The highest BCUT2D eigenvalue weighted by Crippen LogP contribution is 2.57. The molecule has 3 fully saturated rings. The van der Waals surface area contributed by atoms with E-state index in [1.54, 1.807) is 0 Å². The first-order valence-corrected chi connectivity index (χ1v) is 10.1. The van der Waals surface area contributed by atoms with Gasteiger partial charge >= 0.3 is 0 Å². The van der Waals surface area contributed by atoms with Gasteiger partial charge in [0.15, 0.2) is 5.75 Å². The number of hydrogen-bond donors (Lipinski definition) is 0. The van der Waals surface area contributed by atoms with Crippen LogP contribution in [-0.2, 0) is 5.41 Å². The van der Waals surface area contributed by atoms with Crippen molar-refractivity contribution in [3.8, 4) is 11.5 Å². The fraction of sp³-hybridized carbons (Fsp3) is 0.478. The smallest absolute Gasteiger partial charge is 0.203 e. The van der Waals surface area contributed by atoms with E-state index in [0.29, 0.717) is 5.41 Å². The fourth-order valence-corrected chi connectivity index (χ4v) is 4.99. The van der Waals surface area contributed by atoms with Crippen LogP contribution >= 0.6 is 0 Å². The van der Waals surface area contributed by atoms with E-state index in [1.807, 2.05) is 24.3 Å². The quantitative estimate of drug-likeness (QED) is 0.596. The summed E-state index contributed by atoms with van der Waals surface area (Å²) in [6.45, 7) is 6.66. The van der Waals surface area contributed by atoms with Crippen molar-refractivity contribution in [2.75, 3.05) is 0 Å². The zero-order valence-corrected chi connectivity index (χ0v) is 16.5. The summed E-state index contributed by atoms with van der Waals surface area (Å²) in [6.07, 6.45) is 9.70. The maximum Gasteiger partial charge on any atom is 0.203 e. The molecule has 27 heavy (non-hydrogen) atoms. The van der Waals surface area contributed by atoms with Gasteiger partial charge in [-0.15, -0.1) is 10.2 Å². The lowest BCUT2D eigenvalue weighted by Crippen LogP contribution is -2.43. The van der Waals surface area contributed by atoms with E-state index in [2.05, 4.69) is 47.6 Å². The van der Waals surface area contributed by atoms with Crippen LogP contribution in [0.3, 0.4) is 0 Å². The van der Waals surface area contributed by atoms with E-state index in [4.69, 9.17) is 4.74 Å². The third kappa shape index (κ3) is 2.57. The van der Waals surface area contributed by atoms with E-state index < -0.39 is 0 Å². The van der Waals surface area contributed by atoms with Crippen LogP contribution in [0.1, 0.15) is 62.4 Å². The second-order valence-electron chi connectivity index (χ2n) is 8.98. The molecule has 4 nitrogen and oxygen atoms in total. The first-order chi connectivity index (χ1) is 13.0. The summed E-state index contributed by atoms with van der Waals surface area (Å²) >= 11 is 0. The number of aromatic nitrogens is 3. The second kappa shape index (κ2) is 5.82. The van der Waals surface area contributed by atoms with Crippen LogP contribution in [0, 0.1) is 19.3 Å². The van der Waals surface area contributed by atoms with Gasteiger partial charge in [-0.3, -0.25) is 4.40 Å². The van der Waals surface area contributed by atoms with Gasteiger partial charge in [0.05, 0.1) is 0 Å². The molecule has 1 aromatic carbocycles. The number of nitrogens with zero attached hydrogens (tertiary/aromatic N) is 3. The molecule has 140 valence electrons. The molecule has 4 heteroatoms. The molecule has 0 aliphatic heterocycles.